The molecule has 2 unspecified atom stereocenters. The lowest BCUT2D eigenvalue weighted by Gasteiger charge is -2.26. The number of anilines is 1. The fraction of sp³-hybridized carbons (Fsp3) is 0.368. The average molecular weight is 442 g/mol. The smallest absolute Gasteiger partial charge is 0.293 e. The Morgan fingerprint density at radius 2 is 2.03 bits per heavy atom. The molecular weight excluding hydrogens is 421 g/mol. The van der Waals surface area contributed by atoms with Crippen LogP contribution in [0, 0.1) is 21.8 Å². The Kier molecular flexibility index (Phi) is 6.11. The van der Waals surface area contributed by atoms with Crippen LogP contribution in [0.1, 0.15) is 18.0 Å². The van der Waals surface area contributed by atoms with E-state index in [2.05, 4.69) is 10.2 Å². The third-order valence-electron chi connectivity index (χ3n) is 5.21. The van der Waals surface area contributed by atoms with E-state index in [-0.39, 0.29) is 33.3 Å². The van der Waals surface area contributed by atoms with Crippen LogP contribution in [0.15, 0.2) is 41.3 Å². The second kappa shape index (κ2) is 8.25. The molecule has 0 aromatic heterocycles. The molecule has 1 aliphatic heterocycles. The SMILES string of the molecule is CN1CCC(CNc2ccc(S(C)(=O)=O)cc2[N+](=O)[O-])C1c1ccc(Cl)c(F)c1. The molecule has 0 saturated carbocycles. The Morgan fingerprint density at radius 3 is 2.66 bits per heavy atom. The molecule has 1 heterocycles. The first-order chi connectivity index (χ1) is 13.6. The molecule has 10 heteroatoms. The van der Waals surface area contributed by atoms with Crippen LogP contribution < -0.4 is 5.32 Å². The molecule has 2 aromatic carbocycles. The van der Waals surface area contributed by atoms with Gasteiger partial charge in [0.1, 0.15) is 11.5 Å². The minimum Gasteiger partial charge on any atom is -0.379 e. The molecule has 29 heavy (non-hydrogen) atoms. The standard InChI is InChI=1S/C19H21ClFN3O4S/c1-23-8-7-13(19(23)12-3-5-15(20)16(21)9-12)11-22-17-6-4-14(29(2,27)28)10-18(17)24(25)26/h3-6,9-10,13,19,22H,7-8,11H2,1-2H3. The van der Waals surface area contributed by atoms with Crippen molar-refractivity contribution >= 4 is 32.8 Å². The molecule has 2 atom stereocenters. The number of nitro benzene ring substituents is 1. The Morgan fingerprint density at radius 1 is 1.31 bits per heavy atom. The number of sulfone groups is 1. The number of rotatable bonds is 6. The van der Waals surface area contributed by atoms with E-state index in [9.17, 15) is 22.9 Å². The van der Waals surface area contributed by atoms with Crippen LogP contribution in [-0.4, -0.2) is 44.6 Å². The molecule has 1 saturated heterocycles. The monoisotopic (exact) mass is 441 g/mol. The van der Waals surface area contributed by atoms with Crippen LogP contribution in [0.25, 0.3) is 0 Å². The maximum absolute atomic E-state index is 13.9. The summed E-state index contributed by atoms with van der Waals surface area (Å²) >= 11 is 5.79. The van der Waals surface area contributed by atoms with Gasteiger partial charge in [0, 0.05) is 24.9 Å². The molecule has 3 rings (SSSR count). The Labute approximate surface area is 173 Å². The highest BCUT2D eigenvalue weighted by atomic mass is 35.5. The van der Waals surface area contributed by atoms with Crippen LogP contribution in [-0.2, 0) is 9.84 Å². The Balaban J connectivity index is 1.83. The van der Waals surface area contributed by atoms with Crippen molar-refractivity contribution in [1.29, 1.82) is 0 Å². The third-order valence-corrected chi connectivity index (χ3v) is 6.62. The van der Waals surface area contributed by atoms with Crippen molar-refractivity contribution < 1.29 is 17.7 Å². The van der Waals surface area contributed by atoms with Crippen molar-refractivity contribution in [2.75, 3.05) is 31.7 Å². The summed E-state index contributed by atoms with van der Waals surface area (Å²) in [5.41, 5.74) is 0.743. The van der Waals surface area contributed by atoms with Gasteiger partial charge >= 0.3 is 0 Å². The molecule has 7 nitrogen and oxygen atoms in total. The number of likely N-dealkylation sites (tertiary alicyclic amines) is 1. The summed E-state index contributed by atoms with van der Waals surface area (Å²) in [4.78, 5) is 12.8. The second-order valence-corrected chi connectivity index (χ2v) is 9.66. The molecule has 0 amide bonds. The molecule has 0 bridgehead atoms. The largest absolute Gasteiger partial charge is 0.379 e. The van der Waals surface area contributed by atoms with Crippen molar-refractivity contribution in [3.05, 3.63) is 62.9 Å². The van der Waals surface area contributed by atoms with Crippen LogP contribution in [0.3, 0.4) is 0 Å². The van der Waals surface area contributed by atoms with Gasteiger partial charge in [-0.2, -0.15) is 0 Å². The third kappa shape index (κ3) is 4.68. The highest BCUT2D eigenvalue weighted by molar-refractivity contribution is 7.90. The van der Waals surface area contributed by atoms with Gasteiger partial charge in [-0.3, -0.25) is 15.0 Å². The van der Waals surface area contributed by atoms with E-state index in [0.29, 0.717) is 6.54 Å². The van der Waals surface area contributed by atoms with E-state index in [4.69, 9.17) is 11.6 Å². The van der Waals surface area contributed by atoms with Gasteiger partial charge in [0.15, 0.2) is 9.84 Å². The first-order valence-corrected chi connectivity index (χ1v) is 11.2. The summed E-state index contributed by atoms with van der Waals surface area (Å²) in [6.07, 6.45) is 1.83. The number of nitro groups is 1. The zero-order chi connectivity index (χ0) is 21.3. The molecule has 1 N–H and O–H groups in total. The van der Waals surface area contributed by atoms with Crippen molar-refractivity contribution in [2.45, 2.75) is 17.4 Å². The quantitative estimate of drug-likeness (QED) is 0.540. The van der Waals surface area contributed by atoms with Gasteiger partial charge in [-0.1, -0.05) is 17.7 Å². The molecular formula is C19H21ClFN3O4S. The minimum atomic E-state index is -3.55. The van der Waals surface area contributed by atoms with E-state index in [1.807, 2.05) is 7.05 Å². The Bertz CT molecular complexity index is 1050. The van der Waals surface area contributed by atoms with Crippen molar-refractivity contribution in [2.24, 2.45) is 5.92 Å². The first-order valence-electron chi connectivity index (χ1n) is 8.95. The molecule has 1 fully saturated rings. The lowest BCUT2D eigenvalue weighted by Crippen LogP contribution is -2.25. The normalized spacial score (nSPS) is 20.0. The van der Waals surface area contributed by atoms with Crippen LogP contribution in [0.5, 0.6) is 0 Å². The number of hydrogen-bond donors (Lipinski definition) is 1. The maximum Gasteiger partial charge on any atom is 0.293 e. The molecule has 0 radical (unpaired) electrons. The van der Waals surface area contributed by atoms with Gasteiger partial charge < -0.3 is 5.32 Å². The lowest BCUT2D eigenvalue weighted by atomic mass is 9.93. The summed E-state index contributed by atoms with van der Waals surface area (Å²) in [6, 6.07) is 8.48. The Hall–Kier alpha value is -2.23. The van der Waals surface area contributed by atoms with E-state index in [1.54, 1.807) is 6.07 Å². The lowest BCUT2D eigenvalue weighted by molar-refractivity contribution is -0.384. The summed E-state index contributed by atoms with van der Waals surface area (Å²) < 4.78 is 37.3. The van der Waals surface area contributed by atoms with Crippen LogP contribution >= 0.6 is 11.6 Å². The fourth-order valence-electron chi connectivity index (χ4n) is 3.75. The highest BCUT2D eigenvalue weighted by Crippen LogP contribution is 2.38. The van der Waals surface area contributed by atoms with Crippen molar-refractivity contribution in [1.82, 2.24) is 4.90 Å². The van der Waals surface area contributed by atoms with Crippen molar-refractivity contribution in [3.63, 3.8) is 0 Å². The van der Waals surface area contributed by atoms with Crippen molar-refractivity contribution in [3.8, 4) is 0 Å². The van der Waals surface area contributed by atoms with Gasteiger partial charge in [0.25, 0.3) is 5.69 Å². The minimum absolute atomic E-state index is 0.0608. The summed E-state index contributed by atoms with van der Waals surface area (Å²) in [6.45, 7) is 1.22. The van der Waals surface area contributed by atoms with E-state index in [1.165, 1.54) is 24.3 Å². The molecule has 1 aliphatic rings. The van der Waals surface area contributed by atoms with Gasteiger partial charge in [0.05, 0.1) is 14.8 Å². The topological polar surface area (TPSA) is 92.6 Å². The number of hydrogen-bond acceptors (Lipinski definition) is 6. The number of benzene rings is 2. The zero-order valence-corrected chi connectivity index (χ0v) is 17.5. The van der Waals surface area contributed by atoms with Gasteiger partial charge in [-0.25, -0.2) is 12.8 Å². The number of nitrogens with one attached hydrogen (secondary N) is 1. The first kappa shape index (κ1) is 21.5. The molecule has 0 spiro atoms. The number of halogens is 2. The molecule has 156 valence electrons. The summed E-state index contributed by atoms with van der Waals surface area (Å²) in [5.74, 6) is -0.405. The zero-order valence-electron chi connectivity index (χ0n) is 15.9. The maximum atomic E-state index is 13.9. The van der Waals surface area contributed by atoms with E-state index < -0.39 is 20.6 Å². The van der Waals surface area contributed by atoms with E-state index in [0.717, 1.165) is 30.9 Å². The molecule has 2 aromatic rings. The van der Waals surface area contributed by atoms with Crippen LogP contribution in [0.4, 0.5) is 15.8 Å². The second-order valence-electron chi connectivity index (χ2n) is 7.24. The highest BCUT2D eigenvalue weighted by Gasteiger charge is 2.33. The van der Waals surface area contributed by atoms with Gasteiger partial charge in [0.2, 0.25) is 0 Å². The summed E-state index contributed by atoms with van der Waals surface area (Å²) in [7, 11) is -1.61. The number of nitrogens with zero attached hydrogens (tertiary/aromatic N) is 2. The van der Waals surface area contributed by atoms with E-state index >= 15 is 0 Å². The van der Waals surface area contributed by atoms with Gasteiger partial charge in [-0.15, -0.1) is 0 Å². The van der Waals surface area contributed by atoms with Crippen LogP contribution in [0.2, 0.25) is 5.02 Å². The average Bonchev–Trinajstić information content (AvgIpc) is 3.01. The van der Waals surface area contributed by atoms with Gasteiger partial charge in [-0.05, 0) is 55.8 Å². The molecule has 0 aliphatic carbocycles. The predicted molar refractivity (Wildman–Crippen MR) is 110 cm³/mol. The predicted octanol–water partition coefficient (Wildman–Crippen LogP) is 3.90. The summed E-state index contributed by atoms with van der Waals surface area (Å²) in [5, 5.41) is 14.6. The fourth-order valence-corrected chi connectivity index (χ4v) is 4.51.